The summed E-state index contributed by atoms with van der Waals surface area (Å²) in [7, 11) is -4.71. The van der Waals surface area contributed by atoms with Crippen LogP contribution in [0.4, 0.5) is 0 Å². The normalized spacial score (nSPS) is 13.4. The summed E-state index contributed by atoms with van der Waals surface area (Å²) in [5.41, 5.74) is 0. The van der Waals surface area contributed by atoms with E-state index in [1.165, 1.54) is 154 Å². The number of phosphoric ester groups is 1. The summed E-state index contributed by atoms with van der Waals surface area (Å²) >= 11 is 0. The first-order valence-corrected chi connectivity index (χ1v) is 21.7. The van der Waals surface area contributed by atoms with E-state index in [2.05, 4.69) is 23.7 Å². The predicted octanol–water partition coefficient (Wildman–Crippen LogP) is 11.6. The van der Waals surface area contributed by atoms with Crippen LogP contribution >= 0.6 is 7.82 Å². The molecule has 0 saturated heterocycles. The fourth-order valence-electron chi connectivity index (χ4n) is 6.17. The van der Waals surface area contributed by atoms with Crippen LogP contribution in [-0.4, -0.2) is 39.6 Å². The highest BCUT2D eigenvalue weighted by Gasteiger charge is 2.24. The minimum atomic E-state index is -4.71. The Bertz CT molecular complexity index is 743. The van der Waals surface area contributed by atoms with Crippen LogP contribution in [-0.2, 0) is 13.9 Å². The standard InChI is InChI=1S/C39H78NO6P/c1-3-5-7-9-11-13-15-17-19-21-23-25-27-29-31-33-35-39(42)40-37(36-46-47(43,44)45)38(41)34-32-30-28-26-24-22-20-18-16-14-12-10-8-6-4-2/h32,34,37-38,41H,3-31,33,35-36H2,1-2H3,(H,40,42)(H2,43,44,45)/b34-32+/t37-,38+/m0/s1. The SMILES string of the molecule is CCCCCCCCCCCCCCC/C=C/[C@@H](O)[C@H](COP(=O)(O)O)NC(=O)CCCCCCCCCCCCCCCCCC. The van der Waals surface area contributed by atoms with Crippen molar-refractivity contribution in [3.63, 3.8) is 0 Å². The molecule has 0 aromatic rings. The quantitative estimate of drug-likeness (QED) is 0.0293. The van der Waals surface area contributed by atoms with E-state index in [4.69, 9.17) is 9.79 Å². The summed E-state index contributed by atoms with van der Waals surface area (Å²) in [6.07, 6.45) is 40.8. The van der Waals surface area contributed by atoms with Crippen molar-refractivity contribution >= 4 is 13.7 Å². The Morgan fingerprint density at radius 3 is 1.30 bits per heavy atom. The van der Waals surface area contributed by atoms with E-state index in [-0.39, 0.29) is 5.91 Å². The highest BCUT2D eigenvalue weighted by atomic mass is 31.2. The first-order chi connectivity index (χ1) is 22.8. The van der Waals surface area contributed by atoms with E-state index in [1.54, 1.807) is 6.08 Å². The van der Waals surface area contributed by atoms with Gasteiger partial charge in [-0.1, -0.05) is 199 Å². The lowest BCUT2D eigenvalue weighted by Gasteiger charge is -2.22. The first-order valence-electron chi connectivity index (χ1n) is 20.1. The maximum atomic E-state index is 12.5. The summed E-state index contributed by atoms with van der Waals surface area (Å²) in [4.78, 5) is 30.8. The van der Waals surface area contributed by atoms with Gasteiger partial charge in [0.25, 0.3) is 0 Å². The zero-order valence-corrected chi connectivity index (χ0v) is 31.8. The lowest BCUT2D eigenvalue weighted by Crippen LogP contribution is -2.45. The highest BCUT2D eigenvalue weighted by molar-refractivity contribution is 7.46. The zero-order chi connectivity index (χ0) is 34.7. The molecule has 7 nitrogen and oxygen atoms in total. The Labute approximate surface area is 291 Å². The number of allylic oxidation sites excluding steroid dienone is 1. The molecule has 0 heterocycles. The van der Waals surface area contributed by atoms with Crippen molar-refractivity contribution in [1.82, 2.24) is 5.32 Å². The second-order valence-electron chi connectivity index (χ2n) is 14.0. The van der Waals surface area contributed by atoms with E-state index in [9.17, 15) is 14.5 Å². The lowest BCUT2D eigenvalue weighted by atomic mass is 10.0. The van der Waals surface area contributed by atoms with Gasteiger partial charge in [0.2, 0.25) is 5.91 Å². The maximum Gasteiger partial charge on any atom is 0.469 e. The molecule has 0 rings (SSSR count). The molecule has 0 unspecified atom stereocenters. The third kappa shape index (κ3) is 36.4. The van der Waals surface area contributed by atoms with Crippen molar-refractivity contribution in [3.05, 3.63) is 12.2 Å². The van der Waals surface area contributed by atoms with Gasteiger partial charge in [0.05, 0.1) is 18.8 Å². The van der Waals surface area contributed by atoms with Gasteiger partial charge in [-0.3, -0.25) is 9.32 Å². The Kier molecular flexibility index (Phi) is 34.6. The van der Waals surface area contributed by atoms with Crippen molar-refractivity contribution in [2.24, 2.45) is 0 Å². The molecule has 0 spiro atoms. The summed E-state index contributed by atoms with van der Waals surface area (Å²) in [6.45, 7) is 4.08. The Hall–Kier alpha value is -0.720. The number of amides is 1. The number of carbonyl (C=O) groups excluding carboxylic acids is 1. The molecule has 4 N–H and O–H groups in total. The zero-order valence-electron chi connectivity index (χ0n) is 31.0. The Morgan fingerprint density at radius 1 is 0.596 bits per heavy atom. The van der Waals surface area contributed by atoms with Crippen LogP contribution in [0.2, 0.25) is 0 Å². The first kappa shape index (κ1) is 46.3. The molecule has 0 radical (unpaired) electrons. The molecule has 0 aliphatic heterocycles. The van der Waals surface area contributed by atoms with Crippen molar-refractivity contribution in [2.75, 3.05) is 6.61 Å². The second-order valence-corrected chi connectivity index (χ2v) is 15.2. The molecule has 8 heteroatoms. The number of unbranched alkanes of at least 4 members (excludes halogenated alkanes) is 28. The molecule has 2 atom stereocenters. The largest absolute Gasteiger partial charge is 0.469 e. The third-order valence-corrected chi connectivity index (χ3v) is 9.73. The van der Waals surface area contributed by atoms with Crippen molar-refractivity contribution < 1.29 is 28.8 Å². The molecular weight excluding hydrogens is 609 g/mol. The van der Waals surface area contributed by atoms with Crippen LogP contribution in [0.3, 0.4) is 0 Å². The van der Waals surface area contributed by atoms with E-state index in [1.807, 2.05) is 6.08 Å². The van der Waals surface area contributed by atoms with Gasteiger partial charge in [-0.15, -0.1) is 0 Å². The van der Waals surface area contributed by atoms with Gasteiger partial charge in [0, 0.05) is 6.42 Å². The number of aliphatic hydroxyl groups excluding tert-OH is 1. The van der Waals surface area contributed by atoms with Gasteiger partial charge in [-0.05, 0) is 19.3 Å². The molecular formula is C39H78NO6P. The molecule has 280 valence electrons. The average Bonchev–Trinajstić information content (AvgIpc) is 3.04. The number of rotatable bonds is 37. The molecule has 0 aliphatic rings. The molecule has 0 saturated carbocycles. The van der Waals surface area contributed by atoms with E-state index < -0.39 is 26.6 Å². The van der Waals surface area contributed by atoms with Crippen molar-refractivity contribution in [1.29, 1.82) is 0 Å². The van der Waals surface area contributed by atoms with Gasteiger partial charge >= 0.3 is 7.82 Å². The van der Waals surface area contributed by atoms with E-state index in [0.29, 0.717) is 6.42 Å². The summed E-state index contributed by atoms with van der Waals surface area (Å²) in [5.74, 6) is -0.224. The highest BCUT2D eigenvalue weighted by Crippen LogP contribution is 2.35. The molecule has 0 bridgehead atoms. The fraction of sp³-hybridized carbons (Fsp3) is 0.923. The molecule has 0 aromatic heterocycles. The van der Waals surface area contributed by atoms with Crippen LogP contribution in [0, 0.1) is 0 Å². The van der Waals surface area contributed by atoms with Crippen LogP contribution in [0.5, 0.6) is 0 Å². The summed E-state index contributed by atoms with van der Waals surface area (Å²) in [6, 6.07) is -0.904. The Morgan fingerprint density at radius 2 is 0.936 bits per heavy atom. The minimum Gasteiger partial charge on any atom is -0.387 e. The van der Waals surface area contributed by atoms with E-state index >= 15 is 0 Å². The molecule has 0 aliphatic carbocycles. The summed E-state index contributed by atoms with van der Waals surface area (Å²) in [5, 5.41) is 13.4. The predicted molar refractivity (Wildman–Crippen MR) is 200 cm³/mol. The van der Waals surface area contributed by atoms with Crippen LogP contribution in [0.25, 0.3) is 0 Å². The van der Waals surface area contributed by atoms with Gasteiger partial charge in [0.1, 0.15) is 0 Å². The maximum absolute atomic E-state index is 12.5. The lowest BCUT2D eigenvalue weighted by molar-refractivity contribution is -0.123. The minimum absolute atomic E-state index is 0.224. The number of aliphatic hydroxyl groups is 1. The molecule has 47 heavy (non-hydrogen) atoms. The third-order valence-electron chi connectivity index (χ3n) is 9.25. The number of nitrogens with one attached hydrogen (secondary N) is 1. The molecule has 0 fully saturated rings. The van der Waals surface area contributed by atoms with Gasteiger partial charge in [0.15, 0.2) is 0 Å². The van der Waals surface area contributed by atoms with Crippen LogP contribution < -0.4 is 5.32 Å². The average molecular weight is 688 g/mol. The van der Waals surface area contributed by atoms with Crippen LogP contribution in [0.1, 0.15) is 213 Å². The van der Waals surface area contributed by atoms with E-state index in [0.717, 1.165) is 38.5 Å². The Balaban J connectivity index is 3.97. The summed E-state index contributed by atoms with van der Waals surface area (Å²) < 4.78 is 15.9. The molecule has 1 amide bonds. The van der Waals surface area contributed by atoms with Crippen LogP contribution in [0.15, 0.2) is 12.2 Å². The smallest absolute Gasteiger partial charge is 0.387 e. The van der Waals surface area contributed by atoms with Crippen molar-refractivity contribution in [3.8, 4) is 0 Å². The van der Waals surface area contributed by atoms with Crippen molar-refractivity contribution in [2.45, 2.75) is 225 Å². The monoisotopic (exact) mass is 688 g/mol. The number of phosphoric acid groups is 1. The second kappa shape index (κ2) is 35.1. The van der Waals surface area contributed by atoms with Gasteiger partial charge in [-0.25, -0.2) is 4.57 Å². The van der Waals surface area contributed by atoms with Gasteiger partial charge in [-0.2, -0.15) is 0 Å². The van der Waals surface area contributed by atoms with Gasteiger partial charge < -0.3 is 20.2 Å². The number of hydrogen-bond acceptors (Lipinski definition) is 4. The molecule has 0 aromatic carbocycles. The fourth-order valence-corrected chi connectivity index (χ4v) is 6.52. The topological polar surface area (TPSA) is 116 Å². The number of hydrogen-bond donors (Lipinski definition) is 4. The number of carbonyl (C=O) groups is 1.